The number of carbonyl (C=O) groups is 2. The van der Waals surface area contributed by atoms with Crippen molar-refractivity contribution >= 4 is 23.2 Å². The number of hydrogen-bond acceptors (Lipinski definition) is 5. The summed E-state index contributed by atoms with van der Waals surface area (Å²) >= 11 is 1.14. The largest absolute Gasteiger partial charge is 0.461 e. The second kappa shape index (κ2) is 6.83. The Bertz CT molecular complexity index is 481. The van der Waals surface area contributed by atoms with Crippen LogP contribution in [-0.4, -0.2) is 29.5 Å². The summed E-state index contributed by atoms with van der Waals surface area (Å²) in [6.07, 6.45) is 4.84. The van der Waals surface area contributed by atoms with Crippen molar-refractivity contribution in [3.63, 3.8) is 0 Å². The fourth-order valence-corrected chi connectivity index (χ4v) is 3.21. The predicted octanol–water partition coefficient (Wildman–Crippen LogP) is 2.63. The molecule has 1 heterocycles. The number of hydrogen-bond donors (Lipinski definition) is 1. The molecule has 1 aromatic heterocycles. The average molecular weight is 296 g/mol. The number of rotatable bonds is 5. The van der Waals surface area contributed by atoms with E-state index in [1.54, 1.807) is 12.3 Å². The maximum atomic E-state index is 12.1. The van der Waals surface area contributed by atoms with Crippen molar-refractivity contribution in [2.45, 2.75) is 45.6 Å². The van der Waals surface area contributed by atoms with Crippen LogP contribution < -0.4 is 5.32 Å². The van der Waals surface area contributed by atoms with E-state index in [1.807, 2.05) is 6.92 Å². The first-order chi connectivity index (χ1) is 9.61. The van der Waals surface area contributed by atoms with Crippen LogP contribution in [0.15, 0.2) is 5.38 Å². The number of carbonyl (C=O) groups excluding carboxylic acids is 2. The molecular weight excluding hydrogens is 276 g/mol. The molecule has 1 unspecified atom stereocenters. The topological polar surface area (TPSA) is 68.3 Å². The number of thiazole rings is 1. The number of nitrogens with one attached hydrogen (secondary N) is 1. The van der Waals surface area contributed by atoms with Gasteiger partial charge >= 0.3 is 5.97 Å². The highest BCUT2D eigenvalue weighted by molar-refractivity contribution is 7.11. The molecule has 1 aliphatic rings. The van der Waals surface area contributed by atoms with E-state index in [9.17, 15) is 9.59 Å². The van der Waals surface area contributed by atoms with E-state index in [-0.39, 0.29) is 17.0 Å². The molecule has 1 fully saturated rings. The minimum absolute atomic E-state index is 0.151. The van der Waals surface area contributed by atoms with E-state index in [1.165, 1.54) is 25.7 Å². The Morgan fingerprint density at radius 2 is 2.20 bits per heavy atom. The van der Waals surface area contributed by atoms with Gasteiger partial charge in [-0.15, -0.1) is 11.3 Å². The normalized spacial score (nSPS) is 16.9. The van der Waals surface area contributed by atoms with Gasteiger partial charge in [0.15, 0.2) is 0 Å². The first-order valence-electron chi connectivity index (χ1n) is 7.05. The lowest BCUT2D eigenvalue weighted by Crippen LogP contribution is -2.37. The van der Waals surface area contributed by atoms with E-state index in [0.29, 0.717) is 18.2 Å². The van der Waals surface area contributed by atoms with Crippen LogP contribution in [0.4, 0.5) is 0 Å². The molecule has 2 rings (SSSR count). The Balaban J connectivity index is 1.93. The summed E-state index contributed by atoms with van der Waals surface area (Å²) in [6.45, 7) is 4.08. The van der Waals surface area contributed by atoms with Gasteiger partial charge in [-0.05, 0) is 32.6 Å². The van der Waals surface area contributed by atoms with E-state index in [2.05, 4.69) is 10.3 Å². The third-order valence-electron chi connectivity index (χ3n) is 3.65. The van der Waals surface area contributed by atoms with Gasteiger partial charge < -0.3 is 10.1 Å². The standard InChI is InChI=1S/C14H20N2O3S/c1-3-19-14(18)13-16-11(8-20-13)12(17)15-9(2)10-6-4-5-7-10/h8-10H,3-7H2,1-2H3,(H,15,17). The Labute approximate surface area is 122 Å². The molecule has 0 spiro atoms. The van der Waals surface area contributed by atoms with Crippen LogP contribution in [-0.2, 0) is 4.74 Å². The van der Waals surface area contributed by atoms with Gasteiger partial charge in [-0.3, -0.25) is 4.79 Å². The minimum Gasteiger partial charge on any atom is -0.461 e. The van der Waals surface area contributed by atoms with Gasteiger partial charge in [0, 0.05) is 11.4 Å². The maximum absolute atomic E-state index is 12.1. The summed E-state index contributed by atoms with van der Waals surface area (Å²) in [5.41, 5.74) is 0.294. The molecule has 5 nitrogen and oxygen atoms in total. The van der Waals surface area contributed by atoms with Crippen LogP contribution >= 0.6 is 11.3 Å². The molecule has 0 aromatic carbocycles. The predicted molar refractivity (Wildman–Crippen MR) is 77.0 cm³/mol. The SMILES string of the molecule is CCOC(=O)c1nc(C(=O)NC(C)C2CCCC2)cs1. The molecule has 20 heavy (non-hydrogen) atoms. The zero-order valence-corrected chi connectivity index (χ0v) is 12.7. The van der Waals surface area contributed by atoms with Crippen LogP contribution in [0.2, 0.25) is 0 Å². The number of amides is 1. The van der Waals surface area contributed by atoms with Crippen LogP contribution in [0.25, 0.3) is 0 Å². The molecule has 1 amide bonds. The van der Waals surface area contributed by atoms with Crippen molar-refractivity contribution in [3.8, 4) is 0 Å². The molecule has 0 radical (unpaired) electrons. The third-order valence-corrected chi connectivity index (χ3v) is 4.47. The molecule has 0 aliphatic heterocycles. The van der Waals surface area contributed by atoms with Crippen molar-refractivity contribution in [2.75, 3.05) is 6.61 Å². The van der Waals surface area contributed by atoms with Gasteiger partial charge in [-0.25, -0.2) is 9.78 Å². The van der Waals surface area contributed by atoms with Crippen molar-refractivity contribution in [1.82, 2.24) is 10.3 Å². The molecule has 0 saturated heterocycles. The highest BCUT2D eigenvalue weighted by atomic mass is 32.1. The Hall–Kier alpha value is -1.43. The number of aromatic nitrogens is 1. The molecule has 1 atom stereocenters. The van der Waals surface area contributed by atoms with Crippen LogP contribution in [0.1, 0.15) is 59.8 Å². The van der Waals surface area contributed by atoms with Gasteiger partial charge in [0.2, 0.25) is 5.01 Å². The first kappa shape index (κ1) is 15.0. The van der Waals surface area contributed by atoms with E-state index >= 15 is 0 Å². The first-order valence-corrected chi connectivity index (χ1v) is 7.93. The lowest BCUT2D eigenvalue weighted by Gasteiger charge is -2.19. The zero-order chi connectivity index (χ0) is 14.5. The van der Waals surface area contributed by atoms with Gasteiger partial charge in [0.1, 0.15) is 5.69 Å². The smallest absolute Gasteiger partial charge is 0.367 e. The lowest BCUT2D eigenvalue weighted by molar-refractivity contribution is 0.0526. The maximum Gasteiger partial charge on any atom is 0.367 e. The van der Waals surface area contributed by atoms with E-state index < -0.39 is 5.97 Å². The van der Waals surface area contributed by atoms with Crippen LogP contribution in [0.5, 0.6) is 0 Å². The number of esters is 1. The molecule has 1 saturated carbocycles. The van der Waals surface area contributed by atoms with Crippen molar-refractivity contribution < 1.29 is 14.3 Å². The zero-order valence-electron chi connectivity index (χ0n) is 11.8. The summed E-state index contributed by atoms with van der Waals surface area (Å²) in [5, 5.41) is 4.80. The van der Waals surface area contributed by atoms with Gasteiger partial charge in [-0.1, -0.05) is 12.8 Å². The van der Waals surface area contributed by atoms with Crippen LogP contribution in [0, 0.1) is 5.92 Å². The molecule has 110 valence electrons. The summed E-state index contributed by atoms with van der Waals surface area (Å²) < 4.78 is 4.86. The summed E-state index contributed by atoms with van der Waals surface area (Å²) in [4.78, 5) is 27.6. The van der Waals surface area contributed by atoms with Crippen molar-refractivity contribution in [3.05, 3.63) is 16.1 Å². The number of ether oxygens (including phenoxy) is 1. The Kier molecular flexibility index (Phi) is 5.11. The van der Waals surface area contributed by atoms with Gasteiger partial charge in [0.25, 0.3) is 5.91 Å². The fourth-order valence-electron chi connectivity index (χ4n) is 2.52. The summed E-state index contributed by atoms with van der Waals surface area (Å²) in [7, 11) is 0. The molecular formula is C14H20N2O3S. The Morgan fingerprint density at radius 1 is 1.50 bits per heavy atom. The summed E-state index contributed by atoms with van der Waals surface area (Å²) in [6, 6.07) is 0.151. The molecule has 1 N–H and O–H groups in total. The highest BCUT2D eigenvalue weighted by Gasteiger charge is 2.24. The lowest BCUT2D eigenvalue weighted by atomic mass is 10.00. The van der Waals surface area contributed by atoms with Crippen molar-refractivity contribution in [1.29, 1.82) is 0 Å². The average Bonchev–Trinajstić information content (AvgIpc) is 3.10. The quantitative estimate of drug-likeness (QED) is 0.848. The highest BCUT2D eigenvalue weighted by Crippen LogP contribution is 2.27. The summed E-state index contributed by atoms with van der Waals surface area (Å²) in [5.74, 6) is -0.126. The second-order valence-electron chi connectivity index (χ2n) is 5.07. The number of nitrogens with zero attached hydrogens (tertiary/aromatic N) is 1. The third kappa shape index (κ3) is 3.56. The molecule has 1 aliphatic carbocycles. The minimum atomic E-state index is -0.472. The van der Waals surface area contributed by atoms with E-state index in [4.69, 9.17) is 4.74 Å². The van der Waals surface area contributed by atoms with Crippen LogP contribution in [0.3, 0.4) is 0 Å². The van der Waals surface area contributed by atoms with Gasteiger partial charge in [0.05, 0.1) is 6.61 Å². The van der Waals surface area contributed by atoms with Gasteiger partial charge in [-0.2, -0.15) is 0 Å². The van der Waals surface area contributed by atoms with Crippen molar-refractivity contribution in [2.24, 2.45) is 5.92 Å². The second-order valence-corrected chi connectivity index (χ2v) is 5.92. The fraction of sp³-hybridized carbons (Fsp3) is 0.643. The molecule has 0 bridgehead atoms. The molecule has 1 aromatic rings. The Morgan fingerprint density at radius 3 is 2.85 bits per heavy atom. The monoisotopic (exact) mass is 296 g/mol. The molecule has 6 heteroatoms. The van der Waals surface area contributed by atoms with E-state index in [0.717, 1.165) is 11.3 Å².